The number of likely N-dealkylation sites (N-methyl/N-ethyl adjacent to an activating group) is 1. The normalized spacial score (nSPS) is 41.1. The monoisotopic (exact) mass is 746 g/mol. The van der Waals surface area contributed by atoms with Crippen molar-refractivity contribution >= 4 is 11.8 Å². The number of rotatable bonds is 9. The molecule has 0 bridgehead atoms. The van der Waals surface area contributed by atoms with Crippen molar-refractivity contribution in [2.45, 2.75) is 149 Å². The summed E-state index contributed by atoms with van der Waals surface area (Å²) in [5.74, 6) is 0.0326. The third-order valence-electron chi connectivity index (χ3n) is 12.6. The second-order valence-corrected chi connectivity index (χ2v) is 17.8. The van der Waals surface area contributed by atoms with Gasteiger partial charge >= 0.3 is 5.97 Å². The molecule has 2 N–H and O–H groups in total. The van der Waals surface area contributed by atoms with E-state index in [1.54, 1.807) is 6.08 Å². The number of hydrogen-bond acceptors (Lipinski definition) is 10. The second kappa shape index (κ2) is 21.0. The number of ketones is 1. The van der Waals surface area contributed by atoms with Gasteiger partial charge in [0.05, 0.1) is 30.8 Å². The van der Waals surface area contributed by atoms with Gasteiger partial charge in [0, 0.05) is 49.9 Å². The van der Waals surface area contributed by atoms with Gasteiger partial charge in [0.2, 0.25) is 0 Å². The zero-order valence-corrected chi connectivity index (χ0v) is 34.6. The van der Waals surface area contributed by atoms with Crippen LogP contribution in [-0.2, 0) is 23.8 Å². The van der Waals surface area contributed by atoms with Gasteiger partial charge in [-0.25, -0.2) is 0 Å². The van der Waals surface area contributed by atoms with E-state index < -0.39 is 42.6 Å². The van der Waals surface area contributed by atoms with Crippen molar-refractivity contribution in [1.82, 2.24) is 14.7 Å². The molecule has 0 aromatic heterocycles. The Morgan fingerprint density at radius 1 is 0.925 bits per heavy atom. The number of likely N-dealkylation sites (tertiary alicyclic amines) is 2. The Bertz CT molecular complexity index is 1190. The molecular formula is C43H75N3O7. The minimum atomic E-state index is -1.02. The topological polar surface area (TPSA) is 112 Å². The summed E-state index contributed by atoms with van der Waals surface area (Å²) in [5.41, 5.74) is 0.980. The molecule has 0 aromatic rings. The van der Waals surface area contributed by atoms with E-state index in [1.165, 1.54) is 25.7 Å². The van der Waals surface area contributed by atoms with Gasteiger partial charge in [0.25, 0.3) is 0 Å². The molecule has 0 aliphatic carbocycles. The van der Waals surface area contributed by atoms with Crippen LogP contribution in [0, 0.1) is 35.5 Å². The van der Waals surface area contributed by atoms with Crippen LogP contribution in [0.25, 0.3) is 0 Å². The first kappa shape index (κ1) is 44.1. The van der Waals surface area contributed by atoms with Crippen LogP contribution in [0.1, 0.15) is 106 Å². The minimum Gasteiger partial charge on any atom is -0.462 e. The van der Waals surface area contributed by atoms with Crippen LogP contribution in [0.15, 0.2) is 23.8 Å². The highest BCUT2D eigenvalue weighted by Crippen LogP contribution is 2.35. The van der Waals surface area contributed by atoms with Crippen molar-refractivity contribution in [2.24, 2.45) is 35.5 Å². The van der Waals surface area contributed by atoms with E-state index in [2.05, 4.69) is 29.7 Å². The molecule has 4 rings (SSSR count). The van der Waals surface area contributed by atoms with Crippen LogP contribution in [0.2, 0.25) is 0 Å². The first-order valence-electron chi connectivity index (χ1n) is 21.0. The highest BCUT2D eigenvalue weighted by Gasteiger charge is 2.42. The fraction of sp³-hybridized carbons (Fsp3) is 0.860. The quantitative estimate of drug-likeness (QED) is 0.285. The van der Waals surface area contributed by atoms with Gasteiger partial charge in [0.15, 0.2) is 12.1 Å². The van der Waals surface area contributed by atoms with E-state index in [0.717, 1.165) is 51.3 Å². The fourth-order valence-corrected chi connectivity index (χ4v) is 9.54. The summed E-state index contributed by atoms with van der Waals surface area (Å²) in [6, 6.07) is -0.158. The van der Waals surface area contributed by atoms with Gasteiger partial charge in [-0.3, -0.25) is 9.59 Å². The SMILES string of the molecule is CCC1OC(=O)CC(O)C(C)C(OC2CC(N(C)C)C(O)C(C)O2)C(CCN2CCCCC2)CC(C)C(=O)/C=C/C(C)=C/C1CN1CC(C)CC(C)C1. The highest BCUT2D eigenvalue weighted by molar-refractivity contribution is 5.91. The third-order valence-corrected chi connectivity index (χ3v) is 12.6. The van der Waals surface area contributed by atoms with E-state index in [9.17, 15) is 19.8 Å². The van der Waals surface area contributed by atoms with Crippen LogP contribution < -0.4 is 0 Å². The van der Waals surface area contributed by atoms with Gasteiger partial charge in [-0.1, -0.05) is 58.8 Å². The molecule has 13 atom stereocenters. The number of piperidine rings is 2. The Labute approximate surface area is 321 Å². The van der Waals surface area contributed by atoms with Crippen LogP contribution in [0.3, 0.4) is 0 Å². The summed E-state index contributed by atoms with van der Waals surface area (Å²) < 4.78 is 19.5. The van der Waals surface area contributed by atoms with Gasteiger partial charge in [-0.15, -0.1) is 0 Å². The van der Waals surface area contributed by atoms with E-state index in [4.69, 9.17) is 14.2 Å². The summed E-state index contributed by atoms with van der Waals surface area (Å²) in [4.78, 5) is 34.6. The summed E-state index contributed by atoms with van der Waals surface area (Å²) in [5, 5.41) is 22.8. The number of cyclic esters (lactones) is 1. The molecule has 4 aliphatic heterocycles. The molecular weight excluding hydrogens is 670 g/mol. The summed E-state index contributed by atoms with van der Waals surface area (Å²) in [6.45, 7) is 20.3. The standard InChI is InChI=1S/C43H75N3O7/c1-10-39-35(27-46-25-29(3)20-30(4)26-46)21-28(2)14-15-37(47)31(5)22-34(16-19-45-17-12-11-13-18-45)43(32(6)38(48)24-40(49)52-39)53-41-23-36(44(8)9)42(50)33(7)51-41/h14-15,21,29-36,38-39,41-43,48,50H,10-13,16-20,22-27H2,1-9H3/b15-14+,28-21+. The molecule has 0 aromatic carbocycles. The lowest BCUT2D eigenvalue weighted by molar-refractivity contribution is -0.265. The Balaban J connectivity index is 1.66. The van der Waals surface area contributed by atoms with E-state index in [0.29, 0.717) is 31.1 Å². The number of esters is 1. The smallest absolute Gasteiger partial charge is 0.308 e. The van der Waals surface area contributed by atoms with Crippen molar-refractivity contribution in [3.05, 3.63) is 23.8 Å². The molecule has 3 fully saturated rings. The molecule has 4 heterocycles. The molecule has 304 valence electrons. The number of hydrogen-bond donors (Lipinski definition) is 2. The predicted molar refractivity (Wildman–Crippen MR) is 210 cm³/mol. The second-order valence-electron chi connectivity index (χ2n) is 17.8. The molecule has 0 spiro atoms. The fourth-order valence-electron chi connectivity index (χ4n) is 9.54. The van der Waals surface area contributed by atoms with Gasteiger partial charge in [-0.2, -0.15) is 0 Å². The number of nitrogens with zero attached hydrogens (tertiary/aromatic N) is 3. The maximum absolute atomic E-state index is 13.8. The van der Waals surface area contributed by atoms with Crippen LogP contribution in [-0.4, -0.2) is 133 Å². The molecule has 10 heteroatoms. The maximum Gasteiger partial charge on any atom is 0.308 e. The number of ether oxygens (including phenoxy) is 3. The van der Waals surface area contributed by atoms with E-state index >= 15 is 0 Å². The molecule has 0 amide bonds. The zero-order chi connectivity index (χ0) is 38.8. The number of allylic oxidation sites excluding steroid dienone is 3. The van der Waals surface area contributed by atoms with Crippen molar-refractivity contribution in [2.75, 3.05) is 53.4 Å². The predicted octanol–water partition coefficient (Wildman–Crippen LogP) is 5.70. The lowest BCUT2D eigenvalue weighted by Gasteiger charge is -2.44. The summed E-state index contributed by atoms with van der Waals surface area (Å²) >= 11 is 0. The van der Waals surface area contributed by atoms with Crippen LogP contribution >= 0.6 is 0 Å². The largest absolute Gasteiger partial charge is 0.462 e. The number of carbonyl (C=O) groups excluding carboxylic acids is 2. The third kappa shape index (κ3) is 13.2. The lowest BCUT2D eigenvalue weighted by Crippen LogP contribution is -2.55. The Morgan fingerprint density at radius 3 is 2.25 bits per heavy atom. The molecule has 4 aliphatic rings. The van der Waals surface area contributed by atoms with E-state index in [1.807, 2.05) is 59.7 Å². The van der Waals surface area contributed by atoms with Crippen LogP contribution in [0.5, 0.6) is 0 Å². The molecule has 0 radical (unpaired) electrons. The molecule has 53 heavy (non-hydrogen) atoms. The number of aliphatic hydroxyl groups excluding tert-OH is 2. The minimum absolute atomic E-state index is 0.0539. The number of aliphatic hydroxyl groups is 2. The first-order chi connectivity index (χ1) is 25.1. The van der Waals surface area contributed by atoms with Gasteiger partial charge in [-0.05, 0) is 110 Å². The Morgan fingerprint density at radius 2 is 1.60 bits per heavy atom. The lowest BCUT2D eigenvalue weighted by atomic mass is 9.79. The van der Waals surface area contributed by atoms with Crippen molar-refractivity contribution in [3.63, 3.8) is 0 Å². The maximum atomic E-state index is 13.8. The van der Waals surface area contributed by atoms with Gasteiger partial charge < -0.3 is 39.1 Å². The number of carbonyl (C=O) groups is 2. The molecule has 10 nitrogen and oxygen atoms in total. The van der Waals surface area contributed by atoms with Gasteiger partial charge in [0.1, 0.15) is 6.10 Å². The van der Waals surface area contributed by atoms with Crippen molar-refractivity contribution in [1.29, 1.82) is 0 Å². The highest BCUT2D eigenvalue weighted by atomic mass is 16.7. The average Bonchev–Trinajstić information content (AvgIpc) is 3.10. The van der Waals surface area contributed by atoms with E-state index in [-0.39, 0.29) is 42.1 Å². The molecule has 0 saturated carbocycles. The zero-order valence-electron chi connectivity index (χ0n) is 34.6. The molecule has 3 saturated heterocycles. The average molecular weight is 746 g/mol. The first-order valence-corrected chi connectivity index (χ1v) is 21.0. The molecule has 13 unspecified atom stereocenters. The Kier molecular flexibility index (Phi) is 17.5. The van der Waals surface area contributed by atoms with Crippen molar-refractivity contribution in [3.8, 4) is 0 Å². The Hall–Kier alpha value is -1.66. The van der Waals surface area contributed by atoms with Crippen LogP contribution in [0.4, 0.5) is 0 Å². The summed E-state index contributed by atoms with van der Waals surface area (Å²) in [7, 11) is 3.91. The summed E-state index contributed by atoms with van der Waals surface area (Å²) in [6.07, 6.45) is 9.45. The van der Waals surface area contributed by atoms with Crippen molar-refractivity contribution < 1.29 is 34.0 Å².